The first-order valence-electron chi connectivity index (χ1n) is 10.2. The van der Waals surface area contributed by atoms with E-state index in [4.69, 9.17) is 4.98 Å². The highest BCUT2D eigenvalue weighted by molar-refractivity contribution is 7.89. The first-order chi connectivity index (χ1) is 14.6. The minimum absolute atomic E-state index is 0.0603. The lowest BCUT2D eigenvalue weighted by atomic mass is 9.92. The van der Waals surface area contributed by atoms with Crippen LogP contribution in [0.25, 0.3) is 11.3 Å². The second-order valence-electron chi connectivity index (χ2n) is 8.13. The highest BCUT2D eigenvalue weighted by atomic mass is 32.2. The molecule has 0 saturated heterocycles. The molecule has 1 aromatic heterocycles. The van der Waals surface area contributed by atoms with Crippen molar-refractivity contribution in [2.45, 2.75) is 63.2 Å². The molecule has 2 aromatic rings. The first kappa shape index (κ1) is 22.5. The van der Waals surface area contributed by atoms with Crippen LogP contribution < -0.4 is 10.0 Å². The molecule has 0 unspecified atom stereocenters. The van der Waals surface area contributed by atoms with Crippen LogP contribution in [0.2, 0.25) is 0 Å². The summed E-state index contributed by atoms with van der Waals surface area (Å²) in [6.07, 6.45) is 0.116. The summed E-state index contributed by atoms with van der Waals surface area (Å²) in [6, 6.07) is 4.38. The molecule has 5 nitrogen and oxygen atoms in total. The molecule has 1 heterocycles. The van der Waals surface area contributed by atoms with E-state index in [0.717, 1.165) is 46.1 Å². The van der Waals surface area contributed by atoms with Crippen molar-refractivity contribution >= 4 is 26.5 Å². The summed E-state index contributed by atoms with van der Waals surface area (Å²) in [5.74, 6) is -2.15. The predicted octanol–water partition coefficient (Wildman–Crippen LogP) is 4.64. The number of rotatable bonds is 5. The molecule has 0 bridgehead atoms. The van der Waals surface area contributed by atoms with Gasteiger partial charge in [-0.05, 0) is 62.6 Å². The summed E-state index contributed by atoms with van der Waals surface area (Å²) in [5.41, 5.74) is 2.73. The van der Waals surface area contributed by atoms with E-state index in [-0.39, 0.29) is 11.9 Å². The lowest BCUT2D eigenvalue weighted by Gasteiger charge is -2.29. The van der Waals surface area contributed by atoms with Gasteiger partial charge in [0.25, 0.3) is 0 Å². The van der Waals surface area contributed by atoms with Crippen LogP contribution in [0.3, 0.4) is 0 Å². The van der Waals surface area contributed by atoms with E-state index in [1.54, 1.807) is 11.3 Å². The molecular formula is C20H23F4N3O2S2. The van der Waals surface area contributed by atoms with E-state index in [1.165, 1.54) is 12.1 Å². The van der Waals surface area contributed by atoms with Gasteiger partial charge in [0.15, 0.2) is 10.9 Å². The van der Waals surface area contributed by atoms with Crippen molar-refractivity contribution in [1.29, 1.82) is 0 Å². The molecule has 0 atom stereocenters. The Balaban J connectivity index is 1.38. The normalized spacial score (nSPS) is 21.8. The molecule has 0 radical (unpaired) electrons. The summed E-state index contributed by atoms with van der Waals surface area (Å²) in [4.78, 5) is 5.82. The third kappa shape index (κ3) is 5.75. The number of anilines is 1. The van der Waals surface area contributed by atoms with Crippen LogP contribution >= 0.6 is 11.3 Å². The Hall–Kier alpha value is -1.72. The van der Waals surface area contributed by atoms with Crippen molar-refractivity contribution in [3.05, 3.63) is 34.5 Å². The standard InChI is InChI=1S/C20H23F4N3O2S2/c21-13-5-4-12-2-1-3-17-18(16(12)10-13)26-19(30-17)25-14-6-8-15(9-7-14)27-31(28,29)11-20(22,23)24/h4-5,10,14-15,27H,1-3,6-9,11H2,(H,25,26)/t14-,15-. The minimum atomic E-state index is -4.76. The zero-order valence-corrected chi connectivity index (χ0v) is 18.3. The van der Waals surface area contributed by atoms with Crippen LogP contribution in [-0.2, 0) is 22.9 Å². The Morgan fingerprint density at radius 2 is 1.81 bits per heavy atom. The van der Waals surface area contributed by atoms with E-state index in [0.29, 0.717) is 25.7 Å². The fraction of sp³-hybridized carbons (Fsp3) is 0.550. The highest BCUT2D eigenvalue weighted by Crippen LogP contribution is 2.38. The second kappa shape index (κ2) is 8.67. The number of sulfonamides is 1. The van der Waals surface area contributed by atoms with Crippen LogP contribution in [0.15, 0.2) is 18.2 Å². The number of hydrogen-bond acceptors (Lipinski definition) is 5. The van der Waals surface area contributed by atoms with E-state index in [1.807, 2.05) is 6.07 Å². The van der Waals surface area contributed by atoms with Crippen LogP contribution in [0.4, 0.5) is 22.7 Å². The topological polar surface area (TPSA) is 71.1 Å². The van der Waals surface area contributed by atoms with Gasteiger partial charge in [0.05, 0.1) is 5.69 Å². The monoisotopic (exact) mass is 477 g/mol. The predicted molar refractivity (Wildman–Crippen MR) is 112 cm³/mol. The average Bonchev–Trinajstić information content (AvgIpc) is 2.97. The molecule has 31 heavy (non-hydrogen) atoms. The second-order valence-corrected chi connectivity index (χ2v) is 11.0. The number of fused-ring (bicyclic) bond motifs is 3. The first-order valence-corrected chi connectivity index (χ1v) is 12.7. The molecule has 0 amide bonds. The SMILES string of the molecule is O=S(=O)(CC(F)(F)F)N[C@H]1CC[C@H](Nc2nc3c(s2)CCCc2ccc(F)cc2-3)CC1. The van der Waals surface area contributed by atoms with E-state index < -0.39 is 28.0 Å². The van der Waals surface area contributed by atoms with Crippen molar-refractivity contribution in [3.63, 3.8) is 0 Å². The molecule has 2 aliphatic carbocycles. The Morgan fingerprint density at radius 3 is 2.52 bits per heavy atom. The van der Waals surface area contributed by atoms with Gasteiger partial charge in [0, 0.05) is 22.5 Å². The molecule has 170 valence electrons. The number of nitrogens with zero attached hydrogens (tertiary/aromatic N) is 1. The van der Waals surface area contributed by atoms with Crippen molar-refractivity contribution in [1.82, 2.24) is 9.71 Å². The maximum atomic E-state index is 13.8. The smallest absolute Gasteiger partial charge is 0.359 e. The van der Waals surface area contributed by atoms with Crippen LogP contribution in [0.1, 0.15) is 42.5 Å². The third-order valence-electron chi connectivity index (χ3n) is 5.63. The van der Waals surface area contributed by atoms with E-state index in [9.17, 15) is 26.0 Å². The van der Waals surface area contributed by atoms with Gasteiger partial charge in [-0.15, -0.1) is 11.3 Å². The lowest BCUT2D eigenvalue weighted by Crippen LogP contribution is -2.43. The number of thiazole rings is 1. The molecule has 1 saturated carbocycles. The molecule has 2 aliphatic rings. The van der Waals surface area contributed by atoms with Crippen LogP contribution in [0.5, 0.6) is 0 Å². The molecule has 11 heteroatoms. The minimum Gasteiger partial charge on any atom is -0.359 e. The lowest BCUT2D eigenvalue weighted by molar-refractivity contribution is -0.106. The molecule has 4 rings (SSSR count). The maximum absolute atomic E-state index is 13.8. The number of aryl methyl sites for hydroxylation is 2. The summed E-state index contributed by atoms with van der Waals surface area (Å²) in [5, 5.41) is 4.12. The van der Waals surface area contributed by atoms with Crippen molar-refractivity contribution in [2.24, 2.45) is 0 Å². The summed E-state index contributed by atoms with van der Waals surface area (Å²) in [7, 11) is -4.39. The zero-order valence-electron chi connectivity index (χ0n) is 16.6. The third-order valence-corrected chi connectivity index (χ3v) is 8.08. The van der Waals surface area contributed by atoms with Gasteiger partial charge < -0.3 is 5.32 Å². The summed E-state index contributed by atoms with van der Waals surface area (Å²) < 4.78 is 76.5. The molecule has 2 N–H and O–H groups in total. The van der Waals surface area contributed by atoms with Gasteiger partial charge in [-0.1, -0.05) is 6.07 Å². The number of alkyl halides is 3. The van der Waals surface area contributed by atoms with Gasteiger partial charge >= 0.3 is 6.18 Å². The molecule has 0 spiro atoms. The number of nitrogens with one attached hydrogen (secondary N) is 2. The highest BCUT2D eigenvalue weighted by Gasteiger charge is 2.36. The molecule has 1 fully saturated rings. The van der Waals surface area contributed by atoms with E-state index >= 15 is 0 Å². The zero-order chi connectivity index (χ0) is 22.2. The van der Waals surface area contributed by atoms with Gasteiger partial charge in [-0.25, -0.2) is 22.5 Å². The Morgan fingerprint density at radius 1 is 1.10 bits per heavy atom. The summed E-state index contributed by atoms with van der Waals surface area (Å²) >= 11 is 1.55. The molecular weight excluding hydrogens is 454 g/mol. The Kier molecular flexibility index (Phi) is 6.28. The number of aromatic nitrogens is 1. The van der Waals surface area contributed by atoms with Gasteiger partial charge in [0.2, 0.25) is 10.0 Å². The van der Waals surface area contributed by atoms with Gasteiger partial charge in [-0.2, -0.15) is 13.2 Å². The number of benzene rings is 1. The van der Waals surface area contributed by atoms with Crippen molar-refractivity contribution in [2.75, 3.05) is 11.1 Å². The van der Waals surface area contributed by atoms with Crippen molar-refractivity contribution in [3.8, 4) is 11.3 Å². The van der Waals surface area contributed by atoms with Gasteiger partial charge in [0.1, 0.15) is 5.82 Å². The fourth-order valence-electron chi connectivity index (χ4n) is 4.26. The largest absolute Gasteiger partial charge is 0.404 e. The summed E-state index contributed by atoms with van der Waals surface area (Å²) in [6.45, 7) is 0. The maximum Gasteiger partial charge on any atom is 0.404 e. The fourth-order valence-corrected chi connectivity index (χ4v) is 6.61. The average molecular weight is 478 g/mol. The molecule has 0 aliphatic heterocycles. The van der Waals surface area contributed by atoms with Crippen LogP contribution in [-0.4, -0.2) is 37.4 Å². The Bertz CT molecular complexity index is 1050. The quantitative estimate of drug-likeness (QED) is 0.616. The van der Waals surface area contributed by atoms with Crippen LogP contribution in [0, 0.1) is 5.82 Å². The van der Waals surface area contributed by atoms with Crippen molar-refractivity contribution < 1.29 is 26.0 Å². The number of halogens is 4. The number of hydrogen-bond donors (Lipinski definition) is 2. The molecule has 1 aromatic carbocycles. The Labute approximate surface area is 182 Å². The van der Waals surface area contributed by atoms with Gasteiger partial charge in [-0.3, -0.25) is 0 Å². The van der Waals surface area contributed by atoms with E-state index in [2.05, 4.69) is 10.0 Å².